The zero-order valence-electron chi connectivity index (χ0n) is 20.2. The van der Waals surface area contributed by atoms with E-state index in [0.29, 0.717) is 6.42 Å². The molecule has 0 N–H and O–H groups in total. The zero-order valence-corrected chi connectivity index (χ0v) is 21.0. The lowest BCUT2D eigenvalue weighted by molar-refractivity contribution is 0.0342. The van der Waals surface area contributed by atoms with E-state index in [9.17, 15) is 4.79 Å². The van der Waals surface area contributed by atoms with E-state index < -0.39 is 11.7 Å². The van der Waals surface area contributed by atoms with Crippen LogP contribution in [-0.2, 0) is 22.4 Å². The van der Waals surface area contributed by atoms with Crippen molar-refractivity contribution < 1.29 is 14.3 Å². The van der Waals surface area contributed by atoms with Crippen LogP contribution in [0.25, 0.3) is 21.3 Å². The summed E-state index contributed by atoms with van der Waals surface area (Å²) in [5.41, 5.74) is 4.51. The van der Waals surface area contributed by atoms with Gasteiger partial charge in [0.25, 0.3) is 0 Å². The van der Waals surface area contributed by atoms with E-state index in [1.54, 1.807) is 23.7 Å². The molecule has 4 aromatic rings. The van der Waals surface area contributed by atoms with Gasteiger partial charge in [0.15, 0.2) is 0 Å². The van der Waals surface area contributed by atoms with Gasteiger partial charge in [-0.05, 0) is 31.9 Å². The second kappa shape index (κ2) is 9.85. The first-order valence-corrected chi connectivity index (χ1v) is 12.6. The number of ether oxygens (including phenoxy) is 2. The van der Waals surface area contributed by atoms with Crippen LogP contribution in [0.3, 0.4) is 0 Å². The Morgan fingerprint density at radius 3 is 2.60 bits per heavy atom. The van der Waals surface area contributed by atoms with E-state index in [0.717, 1.165) is 60.0 Å². The molecule has 35 heavy (non-hydrogen) atoms. The van der Waals surface area contributed by atoms with Crippen molar-refractivity contribution in [2.75, 3.05) is 26.3 Å². The molecule has 0 spiro atoms. The summed E-state index contributed by atoms with van der Waals surface area (Å²) in [6.45, 7) is 10.0. The minimum Gasteiger partial charge on any atom is -0.442 e. The SMILES string of the molecule is CC(C)(C)OC(=O)n1cc(-c2csc3cnc(Cc4ccc(CN5CCOCC5)cc4)nc23)cn1. The highest BCUT2D eigenvalue weighted by molar-refractivity contribution is 7.17. The molecule has 1 aliphatic rings. The van der Waals surface area contributed by atoms with Crippen molar-refractivity contribution in [2.45, 2.75) is 39.3 Å². The van der Waals surface area contributed by atoms with Gasteiger partial charge in [-0.1, -0.05) is 24.3 Å². The predicted molar refractivity (Wildman–Crippen MR) is 136 cm³/mol. The number of hydrogen-bond donors (Lipinski definition) is 0. The van der Waals surface area contributed by atoms with Crippen molar-refractivity contribution in [2.24, 2.45) is 0 Å². The average Bonchev–Trinajstić information content (AvgIpc) is 3.47. The Morgan fingerprint density at radius 1 is 1.11 bits per heavy atom. The zero-order chi connectivity index (χ0) is 24.4. The molecule has 0 saturated carbocycles. The van der Waals surface area contributed by atoms with Gasteiger partial charge in [-0.25, -0.2) is 14.8 Å². The summed E-state index contributed by atoms with van der Waals surface area (Å²) >= 11 is 1.58. The van der Waals surface area contributed by atoms with E-state index in [2.05, 4.69) is 39.2 Å². The molecule has 4 heterocycles. The molecule has 9 heteroatoms. The number of nitrogens with zero attached hydrogens (tertiary/aromatic N) is 5. The lowest BCUT2D eigenvalue weighted by Crippen LogP contribution is -2.35. The molecule has 1 saturated heterocycles. The van der Waals surface area contributed by atoms with Gasteiger partial charge in [0, 0.05) is 55.0 Å². The van der Waals surface area contributed by atoms with Gasteiger partial charge in [-0.2, -0.15) is 9.78 Å². The Bertz CT molecular complexity index is 1320. The lowest BCUT2D eigenvalue weighted by atomic mass is 10.1. The van der Waals surface area contributed by atoms with Gasteiger partial charge in [-0.15, -0.1) is 11.3 Å². The van der Waals surface area contributed by atoms with Gasteiger partial charge >= 0.3 is 6.09 Å². The van der Waals surface area contributed by atoms with Gasteiger partial charge in [0.05, 0.1) is 29.6 Å². The van der Waals surface area contributed by atoms with E-state index in [1.807, 2.05) is 32.3 Å². The first kappa shape index (κ1) is 23.6. The van der Waals surface area contributed by atoms with Crippen LogP contribution in [0.15, 0.2) is 48.2 Å². The summed E-state index contributed by atoms with van der Waals surface area (Å²) in [5.74, 6) is 0.762. The fourth-order valence-corrected chi connectivity index (χ4v) is 4.86. The topological polar surface area (TPSA) is 82.4 Å². The fraction of sp³-hybridized carbons (Fsp3) is 0.385. The molecule has 0 bridgehead atoms. The molecular weight excluding hydrogens is 462 g/mol. The lowest BCUT2D eigenvalue weighted by Gasteiger charge is -2.26. The number of rotatable bonds is 5. The molecule has 5 rings (SSSR count). The molecule has 0 unspecified atom stereocenters. The van der Waals surface area contributed by atoms with Gasteiger partial charge in [0.1, 0.15) is 11.4 Å². The third-order valence-electron chi connectivity index (χ3n) is 5.73. The maximum atomic E-state index is 12.3. The van der Waals surface area contributed by atoms with Gasteiger partial charge in [0.2, 0.25) is 0 Å². The van der Waals surface area contributed by atoms with Crippen LogP contribution >= 0.6 is 11.3 Å². The summed E-state index contributed by atoms with van der Waals surface area (Å²) in [7, 11) is 0. The summed E-state index contributed by atoms with van der Waals surface area (Å²) in [6, 6.07) is 8.68. The van der Waals surface area contributed by atoms with E-state index in [4.69, 9.17) is 14.5 Å². The Balaban J connectivity index is 1.31. The summed E-state index contributed by atoms with van der Waals surface area (Å²) in [4.78, 5) is 24.2. The average molecular weight is 492 g/mol. The van der Waals surface area contributed by atoms with Crippen molar-refractivity contribution in [3.63, 3.8) is 0 Å². The van der Waals surface area contributed by atoms with Crippen LogP contribution in [0.5, 0.6) is 0 Å². The minimum atomic E-state index is -0.582. The van der Waals surface area contributed by atoms with Gasteiger partial charge in [-0.3, -0.25) is 4.90 Å². The molecule has 1 aliphatic heterocycles. The smallest absolute Gasteiger partial charge is 0.435 e. The third-order valence-corrected chi connectivity index (χ3v) is 6.64. The van der Waals surface area contributed by atoms with Crippen LogP contribution in [0.2, 0.25) is 0 Å². The van der Waals surface area contributed by atoms with Crippen LogP contribution in [0, 0.1) is 0 Å². The van der Waals surface area contributed by atoms with Crippen molar-refractivity contribution >= 4 is 27.6 Å². The number of benzene rings is 1. The Hall–Kier alpha value is -3.14. The second-order valence-electron chi connectivity index (χ2n) is 9.68. The number of hydrogen-bond acceptors (Lipinski definition) is 8. The molecular formula is C26H29N5O3S. The predicted octanol–water partition coefficient (Wildman–Crippen LogP) is 4.76. The van der Waals surface area contributed by atoms with Gasteiger partial charge < -0.3 is 9.47 Å². The highest BCUT2D eigenvalue weighted by Crippen LogP contribution is 2.32. The van der Waals surface area contributed by atoms with E-state index in [-0.39, 0.29) is 0 Å². The van der Waals surface area contributed by atoms with Crippen molar-refractivity contribution in [1.82, 2.24) is 24.6 Å². The second-order valence-corrected chi connectivity index (χ2v) is 10.6. The monoisotopic (exact) mass is 491 g/mol. The number of carbonyl (C=O) groups is 1. The quantitative estimate of drug-likeness (QED) is 0.398. The standard InChI is InChI=1S/C26H29N5O3S/c1-26(2,3)34-25(32)31-16-20(13-28-31)21-17-35-22-14-27-23(29-24(21)22)12-18-4-6-19(7-5-18)15-30-8-10-33-11-9-30/h4-7,13-14,16-17H,8-12,15H2,1-3H3. The third kappa shape index (κ3) is 5.75. The largest absolute Gasteiger partial charge is 0.442 e. The molecule has 182 valence electrons. The minimum absolute atomic E-state index is 0.504. The van der Waals surface area contributed by atoms with E-state index in [1.165, 1.54) is 15.8 Å². The summed E-state index contributed by atoms with van der Waals surface area (Å²) in [5, 5.41) is 6.22. The first-order chi connectivity index (χ1) is 16.8. The maximum Gasteiger partial charge on any atom is 0.435 e. The highest BCUT2D eigenvalue weighted by Gasteiger charge is 2.20. The molecule has 0 radical (unpaired) electrons. The van der Waals surface area contributed by atoms with Crippen LogP contribution in [0.4, 0.5) is 4.79 Å². The highest BCUT2D eigenvalue weighted by atomic mass is 32.1. The molecule has 3 aromatic heterocycles. The summed E-state index contributed by atoms with van der Waals surface area (Å²) < 4.78 is 13.1. The van der Waals surface area contributed by atoms with Crippen LogP contribution in [0.1, 0.15) is 37.7 Å². The molecule has 0 atom stereocenters. The van der Waals surface area contributed by atoms with Crippen molar-refractivity contribution in [3.8, 4) is 11.1 Å². The fourth-order valence-electron chi connectivity index (χ4n) is 3.99. The molecule has 8 nitrogen and oxygen atoms in total. The maximum absolute atomic E-state index is 12.3. The molecule has 1 fully saturated rings. The number of aromatic nitrogens is 4. The Morgan fingerprint density at radius 2 is 1.86 bits per heavy atom. The number of morpholine rings is 1. The van der Waals surface area contributed by atoms with Crippen molar-refractivity contribution in [3.05, 3.63) is 65.2 Å². The van der Waals surface area contributed by atoms with Crippen LogP contribution < -0.4 is 0 Å². The van der Waals surface area contributed by atoms with E-state index >= 15 is 0 Å². The Labute approximate surface area is 208 Å². The van der Waals surface area contributed by atoms with Crippen LogP contribution in [-0.4, -0.2) is 62.6 Å². The number of carbonyl (C=O) groups excluding carboxylic acids is 1. The number of fused-ring (bicyclic) bond motifs is 1. The molecule has 0 aliphatic carbocycles. The molecule has 0 amide bonds. The van der Waals surface area contributed by atoms with Crippen molar-refractivity contribution in [1.29, 1.82) is 0 Å². The summed E-state index contributed by atoms with van der Waals surface area (Å²) in [6.07, 6.45) is 5.37. The first-order valence-electron chi connectivity index (χ1n) is 11.7. The number of thiophene rings is 1. The normalized spacial score (nSPS) is 14.9. The Kier molecular flexibility index (Phi) is 6.64. The molecule has 1 aromatic carbocycles.